The van der Waals surface area contributed by atoms with Crippen LogP contribution < -0.4 is 9.64 Å². The molecule has 1 fully saturated rings. The number of ether oxygens (including phenoxy) is 1. The fourth-order valence-corrected chi connectivity index (χ4v) is 2.84. The fourth-order valence-electron chi connectivity index (χ4n) is 2.84. The van der Waals surface area contributed by atoms with E-state index < -0.39 is 5.97 Å². The molecule has 1 aliphatic rings. The van der Waals surface area contributed by atoms with Crippen LogP contribution in [-0.4, -0.2) is 34.1 Å². The van der Waals surface area contributed by atoms with Crippen molar-refractivity contribution < 1.29 is 14.6 Å². The molecule has 3 rings (SSSR count). The van der Waals surface area contributed by atoms with Gasteiger partial charge in [0.15, 0.2) is 0 Å². The van der Waals surface area contributed by atoms with Gasteiger partial charge in [0, 0.05) is 25.4 Å². The lowest BCUT2D eigenvalue weighted by molar-refractivity contribution is -0.142. The predicted molar refractivity (Wildman–Crippen MR) is 85.7 cm³/mol. The van der Waals surface area contributed by atoms with Gasteiger partial charge in [-0.3, -0.25) is 4.79 Å². The summed E-state index contributed by atoms with van der Waals surface area (Å²) < 4.78 is 5.72. The lowest BCUT2D eigenvalue weighted by atomic mass is 9.91. The summed E-state index contributed by atoms with van der Waals surface area (Å²) in [5.41, 5.74) is 0. The summed E-state index contributed by atoms with van der Waals surface area (Å²) in [6.07, 6.45) is 2.32. The molecule has 1 aromatic heterocycles. The number of carboxylic acids is 1. The lowest BCUT2D eigenvalue weighted by Crippen LogP contribution is -2.43. The number of hydrogen-bond donors (Lipinski definition) is 1. The smallest absolute Gasteiger partial charge is 0.308 e. The summed E-state index contributed by atoms with van der Waals surface area (Å²) in [4.78, 5) is 21.9. The first-order chi connectivity index (χ1) is 11.1. The van der Waals surface area contributed by atoms with E-state index in [0.29, 0.717) is 30.5 Å². The van der Waals surface area contributed by atoms with Gasteiger partial charge in [0.1, 0.15) is 5.75 Å². The minimum atomic E-state index is -0.766. The number of benzene rings is 1. The predicted octanol–water partition coefficient (Wildman–Crippen LogP) is 2.82. The molecule has 1 N–H and O–H groups in total. The van der Waals surface area contributed by atoms with E-state index in [9.17, 15) is 9.90 Å². The SMILES string of the molecule is CC1CC(C(=O)O)CN(c2nccc(Oc3ccccc3)n2)C1. The molecule has 2 atom stereocenters. The molecule has 2 unspecified atom stereocenters. The number of aliphatic carboxylic acids is 1. The van der Waals surface area contributed by atoms with Gasteiger partial charge >= 0.3 is 5.97 Å². The fraction of sp³-hybridized carbons (Fsp3) is 0.353. The van der Waals surface area contributed by atoms with Gasteiger partial charge < -0.3 is 14.7 Å². The molecule has 1 aromatic carbocycles. The lowest BCUT2D eigenvalue weighted by Gasteiger charge is -2.34. The molecule has 0 saturated carbocycles. The Hall–Kier alpha value is -2.63. The van der Waals surface area contributed by atoms with Crippen molar-refractivity contribution in [2.24, 2.45) is 11.8 Å². The van der Waals surface area contributed by atoms with E-state index in [-0.39, 0.29) is 11.8 Å². The van der Waals surface area contributed by atoms with Gasteiger partial charge in [-0.25, -0.2) is 4.98 Å². The standard InChI is InChI=1S/C17H19N3O3/c1-12-9-13(16(21)22)11-20(10-12)17-18-8-7-15(19-17)23-14-5-3-2-4-6-14/h2-8,12-13H,9-11H2,1H3,(H,21,22). The Kier molecular flexibility index (Phi) is 4.41. The van der Waals surface area contributed by atoms with Crippen molar-refractivity contribution in [2.45, 2.75) is 13.3 Å². The zero-order chi connectivity index (χ0) is 16.2. The third-order valence-electron chi connectivity index (χ3n) is 3.87. The topological polar surface area (TPSA) is 75.5 Å². The number of carboxylic acid groups (broad SMARTS) is 1. The molecular weight excluding hydrogens is 294 g/mol. The highest BCUT2D eigenvalue weighted by atomic mass is 16.5. The number of hydrogen-bond acceptors (Lipinski definition) is 5. The van der Waals surface area contributed by atoms with Gasteiger partial charge in [-0.05, 0) is 24.5 Å². The van der Waals surface area contributed by atoms with Crippen LogP contribution in [0.3, 0.4) is 0 Å². The van der Waals surface area contributed by atoms with E-state index in [1.165, 1.54) is 0 Å². The Bertz CT molecular complexity index is 678. The molecule has 2 heterocycles. The number of piperidine rings is 1. The number of para-hydroxylation sites is 1. The molecule has 0 amide bonds. The van der Waals surface area contributed by atoms with Crippen molar-refractivity contribution in [3.63, 3.8) is 0 Å². The van der Waals surface area contributed by atoms with Crippen molar-refractivity contribution in [3.05, 3.63) is 42.6 Å². The molecular formula is C17H19N3O3. The van der Waals surface area contributed by atoms with E-state index in [0.717, 1.165) is 6.54 Å². The highest BCUT2D eigenvalue weighted by molar-refractivity contribution is 5.71. The summed E-state index contributed by atoms with van der Waals surface area (Å²) in [6, 6.07) is 11.1. The molecule has 120 valence electrons. The second kappa shape index (κ2) is 6.64. The van der Waals surface area contributed by atoms with Crippen LogP contribution in [0.15, 0.2) is 42.6 Å². The number of anilines is 1. The van der Waals surface area contributed by atoms with Crippen molar-refractivity contribution in [1.29, 1.82) is 0 Å². The van der Waals surface area contributed by atoms with E-state index in [1.807, 2.05) is 42.2 Å². The highest BCUT2D eigenvalue weighted by Crippen LogP contribution is 2.26. The van der Waals surface area contributed by atoms with Crippen LogP contribution in [0, 0.1) is 11.8 Å². The van der Waals surface area contributed by atoms with Crippen molar-refractivity contribution in [2.75, 3.05) is 18.0 Å². The first kappa shape index (κ1) is 15.3. The van der Waals surface area contributed by atoms with Crippen LogP contribution in [-0.2, 0) is 4.79 Å². The summed E-state index contributed by atoms with van der Waals surface area (Å²) in [5.74, 6) is 0.793. The third kappa shape index (κ3) is 3.77. The summed E-state index contributed by atoms with van der Waals surface area (Å²) in [6.45, 7) is 3.22. The number of carbonyl (C=O) groups is 1. The maximum Gasteiger partial charge on any atom is 0.308 e. The van der Waals surface area contributed by atoms with E-state index in [2.05, 4.69) is 9.97 Å². The van der Waals surface area contributed by atoms with Gasteiger partial charge in [0.2, 0.25) is 11.8 Å². The Morgan fingerprint density at radius 1 is 1.26 bits per heavy atom. The maximum absolute atomic E-state index is 11.3. The molecule has 0 aliphatic carbocycles. The van der Waals surface area contributed by atoms with Crippen LogP contribution in [0.4, 0.5) is 5.95 Å². The van der Waals surface area contributed by atoms with Crippen molar-refractivity contribution in [1.82, 2.24) is 9.97 Å². The van der Waals surface area contributed by atoms with Crippen LogP contribution in [0.1, 0.15) is 13.3 Å². The van der Waals surface area contributed by atoms with Crippen LogP contribution >= 0.6 is 0 Å². The second-order valence-electron chi connectivity index (χ2n) is 5.89. The molecule has 0 radical (unpaired) electrons. The Balaban J connectivity index is 1.77. The van der Waals surface area contributed by atoms with Crippen molar-refractivity contribution in [3.8, 4) is 11.6 Å². The quantitative estimate of drug-likeness (QED) is 0.935. The summed E-state index contributed by atoms with van der Waals surface area (Å²) in [5, 5.41) is 9.28. The second-order valence-corrected chi connectivity index (χ2v) is 5.89. The third-order valence-corrected chi connectivity index (χ3v) is 3.87. The molecule has 1 saturated heterocycles. The molecule has 2 aromatic rings. The average molecular weight is 313 g/mol. The van der Waals surface area contributed by atoms with Gasteiger partial charge in [-0.1, -0.05) is 25.1 Å². The summed E-state index contributed by atoms with van der Waals surface area (Å²) >= 11 is 0. The molecule has 6 heteroatoms. The number of nitrogens with zero attached hydrogens (tertiary/aromatic N) is 3. The van der Waals surface area contributed by atoms with Crippen LogP contribution in [0.5, 0.6) is 11.6 Å². The molecule has 0 bridgehead atoms. The van der Waals surface area contributed by atoms with Gasteiger partial charge in [0.25, 0.3) is 0 Å². The first-order valence-electron chi connectivity index (χ1n) is 7.65. The van der Waals surface area contributed by atoms with E-state index >= 15 is 0 Å². The van der Waals surface area contributed by atoms with Crippen molar-refractivity contribution >= 4 is 11.9 Å². The Morgan fingerprint density at radius 3 is 2.78 bits per heavy atom. The van der Waals surface area contributed by atoms with E-state index in [4.69, 9.17) is 4.74 Å². The summed E-state index contributed by atoms with van der Waals surface area (Å²) in [7, 11) is 0. The molecule has 0 spiro atoms. The van der Waals surface area contributed by atoms with Crippen LogP contribution in [0.25, 0.3) is 0 Å². The number of rotatable bonds is 4. The Morgan fingerprint density at radius 2 is 2.04 bits per heavy atom. The molecule has 1 aliphatic heterocycles. The maximum atomic E-state index is 11.3. The van der Waals surface area contributed by atoms with Gasteiger partial charge in [0.05, 0.1) is 5.92 Å². The minimum absolute atomic E-state index is 0.284. The van der Waals surface area contributed by atoms with Gasteiger partial charge in [-0.2, -0.15) is 4.98 Å². The molecule has 23 heavy (non-hydrogen) atoms. The average Bonchev–Trinajstić information content (AvgIpc) is 2.55. The van der Waals surface area contributed by atoms with Gasteiger partial charge in [-0.15, -0.1) is 0 Å². The normalized spacial score (nSPS) is 21.0. The minimum Gasteiger partial charge on any atom is -0.481 e. The van der Waals surface area contributed by atoms with E-state index in [1.54, 1.807) is 12.3 Å². The first-order valence-corrected chi connectivity index (χ1v) is 7.65. The largest absolute Gasteiger partial charge is 0.481 e. The number of aromatic nitrogens is 2. The zero-order valence-corrected chi connectivity index (χ0v) is 12.9. The zero-order valence-electron chi connectivity index (χ0n) is 12.9. The highest BCUT2D eigenvalue weighted by Gasteiger charge is 2.30. The molecule has 6 nitrogen and oxygen atoms in total. The van der Waals surface area contributed by atoms with Crippen LogP contribution in [0.2, 0.25) is 0 Å². The Labute approximate surface area is 134 Å². The monoisotopic (exact) mass is 313 g/mol.